The van der Waals surface area contributed by atoms with Crippen LogP contribution in [-0.4, -0.2) is 35.3 Å². The summed E-state index contributed by atoms with van der Waals surface area (Å²) in [5, 5.41) is 5.28. The lowest BCUT2D eigenvalue weighted by molar-refractivity contribution is -0.150. The number of nitrogens with two attached hydrogens (primary N) is 1. The van der Waals surface area contributed by atoms with E-state index in [1.54, 1.807) is 4.90 Å². The molecule has 0 bridgehead atoms. The van der Waals surface area contributed by atoms with Crippen LogP contribution >= 0.6 is 0 Å². The average molecular weight is 508 g/mol. The van der Waals surface area contributed by atoms with E-state index in [0.717, 1.165) is 46.2 Å². The van der Waals surface area contributed by atoms with Crippen LogP contribution < -0.4 is 15.8 Å². The maximum atomic E-state index is 13.8. The first kappa shape index (κ1) is 25.5. The molecule has 4 aromatic rings. The number of para-hydroxylation sites is 1. The van der Waals surface area contributed by atoms with Gasteiger partial charge in [0.15, 0.2) is 0 Å². The van der Waals surface area contributed by atoms with Gasteiger partial charge in [-0.3, -0.25) is 9.59 Å². The molecule has 5 rings (SSSR count). The fraction of sp³-hybridized carbons (Fsp3) is 0.250. The second-order valence-electron chi connectivity index (χ2n) is 9.77. The summed E-state index contributed by atoms with van der Waals surface area (Å²) in [5.74, 6) is 1.33. The van der Waals surface area contributed by atoms with Crippen molar-refractivity contribution < 1.29 is 14.3 Å². The first-order valence-corrected chi connectivity index (χ1v) is 13.2. The number of hydrogen-bond donors (Lipinski definition) is 2. The molecule has 2 amide bonds. The van der Waals surface area contributed by atoms with Crippen LogP contribution in [0.2, 0.25) is 0 Å². The SMILES string of the molecule is NCCCCC1C(=O)NC(Cc2ccc3ccccc3c2)C(=O)N1Cc1ccc(Oc2ccccc2)cc1. The third kappa shape index (κ3) is 6.03. The highest BCUT2D eigenvalue weighted by molar-refractivity contribution is 5.97. The van der Waals surface area contributed by atoms with Crippen molar-refractivity contribution in [2.75, 3.05) is 6.54 Å². The molecule has 1 saturated heterocycles. The van der Waals surface area contributed by atoms with E-state index >= 15 is 0 Å². The van der Waals surface area contributed by atoms with Crippen LogP contribution in [0.25, 0.3) is 10.8 Å². The van der Waals surface area contributed by atoms with Gasteiger partial charge in [-0.25, -0.2) is 0 Å². The third-order valence-electron chi connectivity index (χ3n) is 7.02. The van der Waals surface area contributed by atoms with Gasteiger partial charge < -0.3 is 20.7 Å². The van der Waals surface area contributed by atoms with Crippen LogP contribution in [-0.2, 0) is 22.6 Å². The molecule has 2 atom stereocenters. The number of hydrogen-bond acceptors (Lipinski definition) is 4. The van der Waals surface area contributed by atoms with E-state index < -0.39 is 12.1 Å². The second kappa shape index (κ2) is 11.9. The van der Waals surface area contributed by atoms with E-state index in [-0.39, 0.29) is 11.8 Å². The molecule has 1 heterocycles. The third-order valence-corrected chi connectivity index (χ3v) is 7.02. The average Bonchev–Trinajstić information content (AvgIpc) is 2.94. The maximum absolute atomic E-state index is 13.8. The lowest BCUT2D eigenvalue weighted by atomic mass is 9.96. The summed E-state index contributed by atoms with van der Waals surface area (Å²) in [6.07, 6.45) is 2.65. The first-order chi connectivity index (χ1) is 18.6. The number of rotatable bonds is 10. The molecule has 0 spiro atoms. The zero-order valence-corrected chi connectivity index (χ0v) is 21.4. The Kier molecular flexibility index (Phi) is 8.00. The topological polar surface area (TPSA) is 84.7 Å². The summed E-state index contributed by atoms with van der Waals surface area (Å²) in [5.41, 5.74) is 7.65. The number of nitrogens with one attached hydrogen (secondary N) is 1. The molecule has 38 heavy (non-hydrogen) atoms. The molecule has 0 saturated carbocycles. The van der Waals surface area contributed by atoms with Crippen molar-refractivity contribution in [2.45, 2.75) is 44.3 Å². The van der Waals surface area contributed by atoms with E-state index in [1.807, 2.05) is 72.8 Å². The maximum Gasteiger partial charge on any atom is 0.246 e. The van der Waals surface area contributed by atoms with Crippen molar-refractivity contribution in [1.29, 1.82) is 0 Å². The quantitative estimate of drug-likeness (QED) is 0.289. The second-order valence-corrected chi connectivity index (χ2v) is 9.77. The highest BCUT2D eigenvalue weighted by Gasteiger charge is 2.40. The number of ether oxygens (including phenoxy) is 1. The van der Waals surface area contributed by atoms with Crippen LogP contribution in [0.4, 0.5) is 0 Å². The number of amides is 2. The van der Waals surface area contributed by atoms with Gasteiger partial charge in [-0.1, -0.05) is 72.8 Å². The number of unbranched alkanes of at least 4 members (excludes halogenated alkanes) is 1. The monoisotopic (exact) mass is 507 g/mol. The largest absolute Gasteiger partial charge is 0.457 e. The molecular weight excluding hydrogens is 474 g/mol. The summed E-state index contributed by atoms with van der Waals surface area (Å²) in [6, 6.07) is 30.5. The van der Waals surface area contributed by atoms with Gasteiger partial charge in [0.1, 0.15) is 23.6 Å². The minimum atomic E-state index is -0.602. The molecule has 6 heteroatoms. The van der Waals surface area contributed by atoms with Crippen LogP contribution in [0.1, 0.15) is 30.4 Å². The molecule has 1 aliphatic heterocycles. The molecule has 0 radical (unpaired) electrons. The molecule has 0 aliphatic carbocycles. The van der Waals surface area contributed by atoms with Gasteiger partial charge in [-0.15, -0.1) is 0 Å². The van der Waals surface area contributed by atoms with Gasteiger partial charge in [-0.05, 0) is 72.0 Å². The van der Waals surface area contributed by atoms with E-state index in [4.69, 9.17) is 10.5 Å². The summed E-state index contributed by atoms with van der Waals surface area (Å²) in [7, 11) is 0. The first-order valence-electron chi connectivity index (χ1n) is 13.2. The van der Waals surface area contributed by atoms with Crippen LogP contribution in [0.5, 0.6) is 11.5 Å². The number of carbonyl (C=O) groups is 2. The number of benzene rings is 4. The normalized spacial score (nSPS) is 17.4. The highest BCUT2D eigenvalue weighted by atomic mass is 16.5. The van der Waals surface area contributed by atoms with Gasteiger partial charge in [0, 0.05) is 13.0 Å². The van der Waals surface area contributed by atoms with Crippen molar-refractivity contribution in [3.05, 3.63) is 108 Å². The van der Waals surface area contributed by atoms with Crippen molar-refractivity contribution in [1.82, 2.24) is 10.2 Å². The lowest BCUT2D eigenvalue weighted by Gasteiger charge is -2.39. The minimum absolute atomic E-state index is 0.0554. The molecule has 6 nitrogen and oxygen atoms in total. The lowest BCUT2D eigenvalue weighted by Crippen LogP contribution is -2.63. The summed E-state index contributed by atoms with van der Waals surface area (Å²) in [6.45, 7) is 0.926. The standard InChI is InChI=1S/C32H33N3O3/c33-19-7-6-12-30-31(36)34-29(21-24-13-16-25-8-4-5-9-26(25)20-24)32(37)35(30)22-23-14-17-28(18-15-23)38-27-10-2-1-3-11-27/h1-5,8-11,13-18,20,29-30H,6-7,12,19,21-22,33H2,(H,34,36). The number of carbonyl (C=O) groups excluding carboxylic acids is 2. The zero-order valence-electron chi connectivity index (χ0n) is 21.4. The molecule has 1 aliphatic rings. The van der Waals surface area contributed by atoms with Gasteiger partial charge in [0.25, 0.3) is 0 Å². The summed E-state index contributed by atoms with van der Waals surface area (Å²) in [4.78, 5) is 28.7. The predicted octanol–water partition coefficient (Wildman–Crippen LogP) is 5.20. The van der Waals surface area contributed by atoms with Crippen molar-refractivity contribution in [2.24, 2.45) is 5.73 Å². The molecule has 3 N–H and O–H groups in total. The smallest absolute Gasteiger partial charge is 0.246 e. The molecule has 2 unspecified atom stereocenters. The number of nitrogens with zero attached hydrogens (tertiary/aromatic N) is 1. The van der Waals surface area contributed by atoms with Gasteiger partial charge in [0.2, 0.25) is 11.8 Å². The highest BCUT2D eigenvalue weighted by Crippen LogP contribution is 2.25. The fourth-order valence-corrected chi connectivity index (χ4v) is 5.01. The Morgan fingerprint density at radius 2 is 1.45 bits per heavy atom. The number of fused-ring (bicyclic) bond motifs is 1. The van der Waals surface area contributed by atoms with Gasteiger partial charge in [0.05, 0.1) is 0 Å². The molecule has 194 valence electrons. The Morgan fingerprint density at radius 1 is 0.763 bits per heavy atom. The molecule has 0 aromatic heterocycles. The zero-order chi connectivity index (χ0) is 26.3. The Morgan fingerprint density at radius 3 is 2.21 bits per heavy atom. The Balaban J connectivity index is 1.33. The number of piperazine rings is 1. The van der Waals surface area contributed by atoms with Crippen molar-refractivity contribution in [3.8, 4) is 11.5 Å². The Hall–Kier alpha value is -4.16. The van der Waals surface area contributed by atoms with Crippen LogP contribution in [0.15, 0.2) is 97.1 Å². The van der Waals surface area contributed by atoms with Gasteiger partial charge in [-0.2, -0.15) is 0 Å². The van der Waals surface area contributed by atoms with Gasteiger partial charge >= 0.3 is 0 Å². The van der Waals surface area contributed by atoms with Crippen LogP contribution in [0, 0.1) is 0 Å². The van der Waals surface area contributed by atoms with Crippen LogP contribution in [0.3, 0.4) is 0 Å². The summed E-state index contributed by atoms with van der Waals surface area (Å²) >= 11 is 0. The summed E-state index contributed by atoms with van der Waals surface area (Å²) < 4.78 is 5.91. The Labute approximate surface area is 223 Å². The van der Waals surface area contributed by atoms with E-state index in [0.29, 0.717) is 25.9 Å². The molecule has 1 fully saturated rings. The minimum Gasteiger partial charge on any atom is -0.457 e. The van der Waals surface area contributed by atoms with E-state index in [1.165, 1.54) is 0 Å². The van der Waals surface area contributed by atoms with E-state index in [9.17, 15) is 9.59 Å². The molecular formula is C32H33N3O3. The molecule has 4 aromatic carbocycles. The van der Waals surface area contributed by atoms with E-state index in [2.05, 4.69) is 29.6 Å². The fourth-order valence-electron chi connectivity index (χ4n) is 5.01. The predicted molar refractivity (Wildman–Crippen MR) is 150 cm³/mol. The van der Waals surface area contributed by atoms with Crippen molar-refractivity contribution in [3.63, 3.8) is 0 Å². The van der Waals surface area contributed by atoms with Crippen molar-refractivity contribution >= 4 is 22.6 Å². The Bertz CT molecular complexity index is 1390.